The lowest BCUT2D eigenvalue weighted by molar-refractivity contribution is -0.122. The molecular formula is C15H16N2O4S. The molecule has 7 heteroatoms. The Labute approximate surface area is 131 Å². The van der Waals surface area contributed by atoms with Crippen molar-refractivity contribution in [3.63, 3.8) is 0 Å². The van der Waals surface area contributed by atoms with E-state index in [1.54, 1.807) is 12.1 Å². The molecule has 0 aliphatic rings. The third-order valence-electron chi connectivity index (χ3n) is 3.16. The Morgan fingerprint density at radius 2 is 2.05 bits per heavy atom. The Hall–Kier alpha value is -2.41. The van der Waals surface area contributed by atoms with Crippen molar-refractivity contribution in [1.82, 2.24) is 5.32 Å². The van der Waals surface area contributed by atoms with E-state index in [1.165, 1.54) is 18.4 Å². The summed E-state index contributed by atoms with van der Waals surface area (Å²) in [5, 5.41) is 2.99. The van der Waals surface area contributed by atoms with Gasteiger partial charge in [-0.25, -0.2) is 0 Å². The van der Waals surface area contributed by atoms with E-state index in [0.29, 0.717) is 17.6 Å². The number of carbonyl (C=O) groups excluding carboxylic acids is 3. The summed E-state index contributed by atoms with van der Waals surface area (Å²) in [6, 6.07) is 5.27. The van der Waals surface area contributed by atoms with Crippen LogP contribution in [0.1, 0.15) is 22.2 Å². The molecule has 0 saturated carbocycles. The second-order valence-electron chi connectivity index (χ2n) is 4.54. The summed E-state index contributed by atoms with van der Waals surface area (Å²) in [7, 11) is 1.51. The minimum Gasteiger partial charge on any atom is -0.483 e. The first-order valence-corrected chi connectivity index (χ1v) is 7.53. The fourth-order valence-corrected chi connectivity index (χ4v) is 3.27. The van der Waals surface area contributed by atoms with Gasteiger partial charge in [-0.05, 0) is 18.6 Å². The lowest BCUT2D eigenvalue weighted by Crippen LogP contribution is -2.25. The molecule has 2 rings (SSSR count). The summed E-state index contributed by atoms with van der Waals surface area (Å²) < 4.78 is 6.31. The molecule has 0 spiro atoms. The lowest BCUT2D eigenvalue weighted by atomic mass is 10.0. The molecule has 0 bridgehead atoms. The van der Waals surface area contributed by atoms with Crippen LogP contribution in [-0.4, -0.2) is 31.3 Å². The molecule has 0 atom stereocenters. The maximum absolute atomic E-state index is 12.1. The van der Waals surface area contributed by atoms with Crippen LogP contribution in [0.2, 0.25) is 0 Å². The second kappa shape index (κ2) is 6.57. The Morgan fingerprint density at radius 3 is 2.64 bits per heavy atom. The third kappa shape index (κ3) is 2.94. The number of nitrogens with one attached hydrogen (secondary N) is 1. The number of hydrogen-bond donors (Lipinski definition) is 2. The number of amides is 2. The number of benzene rings is 1. The Morgan fingerprint density at radius 1 is 1.32 bits per heavy atom. The number of thiophene rings is 1. The first-order chi connectivity index (χ1) is 10.5. The largest absolute Gasteiger partial charge is 0.483 e. The first-order valence-electron chi connectivity index (χ1n) is 6.71. The van der Waals surface area contributed by atoms with E-state index in [2.05, 4.69) is 5.32 Å². The molecule has 0 aliphatic heterocycles. The van der Waals surface area contributed by atoms with Crippen LogP contribution in [-0.2, 0) is 16.0 Å². The van der Waals surface area contributed by atoms with Gasteiger partial charge in [0.2, 0.25) is 0 Å². The van der Waals surface area contributed by atoms with Gasteiger partial charge >= 0.3 is 0 Å². The summed E-state index contributed by atoms with van der Waals surface area (Å²) in [6.07, 6.45) is 0.600. The van der Waals surface area contributed by atoms with Gasteiger partial charge < -0.3 is 15.8 Å². The minimum absolute atomic E-state index is 0.170. The van der Waals surface area contributed by atoms with Gasteiger partial charge in [-0.3, -0.25) is 14.4 Å². The number of aryl methyl sites for hydroxylation is 1. The van der Waals surface area contributed by atoms with Crippen molar-refractivity contribution in [2.24, 2.45) is 5.73 Å². The topological polar surface area (TPSA) is 98.5 Å². The zero-order valence-corrected chi connectivity index (χ0v) is 13.1. The zero-order chi connectivity index (χ0) is 16.3. The zero-order valence-electron chi connectivity index (χ0n) is 12.3. The summed E-state index contributed by atoms with van der Waals surface area (Å²) in [4.78, 5) is 35.6. The number of primary amides is 1. The highest BCUT2D eigenvalue weighted by molar-refractivity contribution is 7.19. The number of nitrogens with two attached hydrogens (primary N) is 1. The molecule has 2 aromatic rings. The number of rotatable bonds is 6. The summed E-state index contributed by atoms with van der Waals surface area (Å²) in [5.41, 5.74) is 5.43. The highest BCUT2D eigenvalue weighted by atomic mass is 32.1. The molecule has 1 aromatic heterocycles. The van der Waals surface area contributed by atoms with E-state index in [0.717, 1.165) is 9.58 Å². The molecule has 116 valence electrons. The van der Waals surface area contributed by atoms with Gasteiger partial charge in [0.1, 0.15) is 5.75 Å². The second-order valence-corrected chi connectivity index (χ2v) is 5.68. The van der Waals surface area contributed by atoms with Crippen LogP contribution in [0.15, 0.2) is 18.2 Å². The van der Waals surface area contributed by atoms with Crippen molar-refractivity contribution in [1.29, 1.82) is 0 Å². The van der Waals surface area contributed by atoms with E-state index in [1.807, 2.05) is 13.0 Å². The molecule has 3 N–H and O–H groups in total. The van der Waals surface area contributed by atoms with Crippen molar-refractivity contribution in [2.45, 2.75) is 13.3 Å². The maximum atomic E-state index is 12.1. The highest BCUT2D eigenvalue weighted by Crippen LogP contribution is 2.38. The number of ketones is 1. The van der Waals surface area contributed by atoms with E-state index in [-0.39, 0.29) is 18.1 Å². The highest BCUT2D eigenvalue weighted by Gasteiger charge is 2.24. The van der Waals surface area contributed by atoms with Gasteiger partial charge in [0, 0.05) is 22.0 Å². The maximum Gasteiger partial charge on any atom is 0.289 e. The fourth-order valence-electron chi connectivity index (χ4n) is 2.11. The van der Waals surface area contributed by atoms with Crippen molar-refractivity contribution in [3.05, 3.63) is 28.6 Å². The van der Waals surface area contributed by atoms with E-state index >= 15 is 0 Å². The standard InChI is InChI=1S/C15H16N2O4S/c1-3-9-13(14(19)15(16)20)12-8(21-7-11(18)17-2)5-4-6-10(12)22-9/h4-6H,3,7H2,1-2H3,(H2,16,20)(H,17,18). The monoisotopic (exact) mass is 320 g/mol. The molecule has 2 amide bonds. The molecular weight excluding hydrogens is 304 g/mol. The average Bonchev–Trinajstić information content (AvgIpc) is 2.90. The first kappa shape index (κ1) is 16.0. The van der Waals surface area contributed by atoms with Crippen molar-refractivity contribution >= 4 is 39.0 Å². The molecule has 22 heavy (non-hydrogen) atoms. The molecule has 0 unspecified atom stereocenters. The molecule has 0 radical (unpaired) electrons. The number of likely N-dealkylation sites (N-methyl/N-ethyl adjacent to an activating group) is 1. The van der Waals surface area contributed by atoms with Crippen LogP contribution >= 0.6 is 11.3 Å². The Kier molecular flexibility index (Phi) is 4.77. The summed E-state index contributed by atoms with van der Waals surface area (Å²) >= 11 is 1.41. The van der Waals surface area contributed by atoms with Crippen molar-refractivity contribution in [2.75, 3.05) is 13.7 Å². The summed E-state index contributed by atoms with van der Waals surface area (Å²) in [5.74, 6) is -1.64. The van der Waals surface area contributed by atoms with E-state index in [9.17, 15) is 14.4 Å². The molecule has 0 fully saturated rings. The third-order valence-corrected chi connectivity index (χ3v) is 4.46. The molecule has 0 saturated heterocycles. The van der Waals surface area contributed by atoms with Crippen molar-refractivity contribution in [3.8, 4) is 5.75 Å². The molecule has 1 heterocycles. The van der Waals surface area contributed by atoms with Crippen LogP contribution in [0, 0.1) is 0 Å². The van der Waals surface area contributed by atoms with Gasteiger partial charge in [-0.15, -0.1) is 11.3 Å². The molecule has 0 aliphatic carbocycles. The minimum atomic E-state index is -1.00. The lowest BCUT2D eigenvalue weighted by Gasteiger charge is -2.08. The van der Waals surface area contributed by atoms with E-state index in [4.69, 9.17) is 10.5 Å². The number of carbonyl (C=O) groups is 3. The number of ether oxygens (including phenoxy) is 1. The predicted octanol–water partition coefficient (Wildman–Crippen LogP) is 1.26. The SMILES string of the molecule is CCc1sc2cccc(OCC(=O)NC)c2c1C(=O)C(N)=O. The normalized spacial score (nSPS) is 10.5. The van der Waals surface area contributed by atoms with Crippen LogP contribution in [0.25, 0.3) is 10.1 Å². The Balaban J connectivity index is 2.58. The quantitative estimate of drug-likeness (QED) is 0.618. The van der Waals surface area contributed by atoms with Gasteiger partial charge in [0.05, 0.1) is 5.56 Å². The van der Waals surface area contributed by atoms with Crippen LogP contribution in [0.4, 0.5) is 0 Å². The number of fused-ring (bicyclic) bond motifs is 1. The number of Topliss-reactive ketones (excluding diaryl/α,β-unsaturated/α-hetero) is 1. The van der Waals surface area contributed by atoms with Gasteiger partial charge in [0.25, 0.3) is 17.6 Å². The average molecular weight is 320 g/mol. The number of hydrogen-bond acceptors (Lipinski definition) is 5. The van der Waals surface area contributed by atoms with Crippen LogP contribution in [0.5, 0.6) is 5.75 Å². The molecule has 1 aromatic carbocycles. The van der Waals surface area contributed by atoms with Gasteiger partial charge in [-0.2, -0.15) is 0 Å². The van der Waals surface area contributed by atoms with Gasteiger partial charge in [0.15, 0.2) is 6.61 Å². The van der Waals surface area contributed by atoms with Gasteiger partial charge in [-0.1, -0.05) is 13.0 Å². The Bertz CT molecular complexity index is 751. The van der Waals surface area contributed by atoms with Crippen LogP contribution < -0.4 is 15.8 Å². The fraction of sp³-hybridized carbons (Fsp3) is 0.267. The van der Waals surface area contributed by atoms with E-state index < -0.39 is 11.7 Å². The van der Waals surface area contributed by atoms with Crippen molar-refractivity contribution < 1.29 is 19.1 Å². The summed E-state index contributed by atoms with van der Waals surface area (Å²) in [6.45, 7) is 1.73. The predicted molar refractivity (Wildman–Crippen MR) is 84.3 cm³/mol. The van der Waals surface area contributed by atoms with Crippen LogP contribution in [0.3, 0.4) is 0 Å². The smallest absolute Gasteiger partial charge is 0.289 e. The molecule has 6 nitrogen and oxygen atoms in total.